The Hall–Kier alpha value is -2.01. The highest BCUT2D eigenvalue weighted by Gasteiger charge is 2.20. The molecule has 1 aromatic carbocycles. The Morgan fingerprint density at radius 2 is 1.96 bits per heavy atom. The van der Waals surface area contributed by atoms with Crippen LogP contribution in [-0.4, -0.2) is 45.6 Å². The lowest BCUT2D eigenvalue weighted by Crippen LogP contribution is -2.41. The van der Waals surface area contributed by atoms with E-state index in [9.17, 15) is 13.2 Å². The molecule has 1 amide bonds. The molecular formula is C18H24N4O4S2. The first-order valence-corrected chi connectivity index (χ1v) is 11.5. The van der Waals surface area contributed by atoms with Crippen LogP contribution in [0.2, 0.25) is 0 Å². The minimum Gasteiger partial charge on any atom is -0.378 e. The largest absolute Gasteiger partial charge is 0.378 e. The number of thiazole rings is 1. The Morgan fingerprint density at radius 3 is 2.61 bits per heavy atom. The van der Waals surface area contributed by atoms with Crippen molar-refractivity contribution < 1.29 is 17.9 Å². The topological polar surface area (TPSA) is 101 Å². The van der Waals surface area contributed by atoms with E-state index in [-0.39, 0.29) is 10.6 Å². The summed E-state index contributed by atoms with van der Waals surface area (Å²) in [5, 5.41) is 2.33. The van der Waals surface area contributed by atoms with Gasteiger partial charge in [-0.3, -0.25) is 10.2 Å². The molecule has 2 heterocycles. The predicted molar refractivity (Wildman–Crippen MR) is 108 cm³/mol. The number of nitrogens with one attached hydrogen (secondary N) is 2. The molecule has 0 bridgehead atoms. The van der Waals surface area contributed by atoms with E-state index in [4.69, 9.17) is 4.74 Å². The van der Waals surface area contributed by atoms with Crippen LogP contribution < -0.4 is 15.2 Å². The third-order valence-corrected chi connectivity index (χ3v) is 6.84. The number of amides is 1. The van der Waals surface area contributed by atoms with E-state index in [1.807, 2.05) is 4.90 Å². The third-order valence-electron chi connectivity index (χ3n) is 4.68. The van der Waals surface area contributed by atoms with Gasteiger partial charge in [-0.05, 0) is 30.0 Å². The number of ether oxygens (including phenoxy) is 1. The standard InChI is InChI=1S/C18H24N4O4S2/c1-3-13(2)14-4-6-15(7-5-14)28(24,25)21-20-17(23)16-12-27-18(19-16)22-8-10-26-11-9-22/h4-7,12-13,21H,3,8-11H2,1-2H3,(H,20,23)/t13-/m0/s1. The summed E-state index contributed by atoms with van der Waals surface area (Å²) in [6.45, 7) is 6.84. The number of rotatable bonds is 7. The van der Waals surface area contributed by atoms with E-state index in [0.29, 0.717) is 32.2 Å². The highest BCUT2D eigenvalue weighted by atomic mass is 32.2. The number of carbonyl (C=O) groups excluding carboxylic acids is 1. The van der Waals surface area contributed by atoms with Crippen molar-refractivity contribution in [1.29, 1.82) is 0 Å². The second-order valence-electron chi connectivity index (χ2n) is 6.55. The molecule has 28 heavy (non-hydrogen) atoms. The molecule has 1 aliphatic heterocycles. The number of hydrazine groups is 1. The molecule has 8 nitrogen and oxygen atoms in total. The second-order valence-corrected chi connectivity index (χ2v) is 9.07. The van der Waals surface area contributed by atoms with Gasteiger partial charge in [0.2, 0.25) is 0 Å². The average Bonchev–Trinajstić information content (AvgIpc) is 3.22. The molecule has 1 atom stereocenters. The zero-order chi connectivity index (χ0) is 20.1. The molecule has 152 valence electrons. The second kappa shape index (κ2) is 8.99. The number of morpholine rings is 1. The van der Waals surface area contributed by atoms with Gasteiger partial charge in [-0.2, -0.15) is 0 Å². The predicted octanol–water partition coefficient (Wildman–Crippen LogP) is 2.12. The van der Waals surface area contributed by atoms with E-state index in [1.54, 1.807) is 17.5 Å². The molecule has 0 radical (unpaired) electrons. The van der Waals surface area contributed by atoms with Crippen LogP contribution in [0.25, 0.3) is 0 Å². The number of sulfonamides is 1. The van der Waals surface area contributed by atoms with Crippen LogP contribution >= 0.6 is 11.3 Å². The molecule has 1 saturated heterocycles. The lowest BCUT2D eigenvalue weighted by molar-refractivity contribution is 0.0940. The summed E-state index contributed by atoms with van der Waals surface area (Å²) in [7, 11) is -3.86. The number of anilines is 1. The quantitative estimate of drug-likeness (QED) is 0.661. The first kappa shape index (κ1) is 20.7. The van der Waals surface area contributed by atoms with Gasteiger partial charge in [-0.25, -0.2) is 13.4 Å². The van der Waals surface area contributed by atoms with Crippen LogP contribution in [0.4, 0.5) is 5.13 Å². The van der Waals surface area contributed by atoms with Crippen molar-refractivity contribution in [3.8, 4) is 0 Å². The lowest BCUT2D eigenvalue weighted by Gasteiger charge is -2.25. The van der Waals surface area contributed by atoms with E-state index in [2.05, 4.69) is 29.1 Å². The highest BCUT2D eigenvalue weighted by Crippen LogP contribution is 2.22. The number of benzene rings is 1. The average molecular weight is 425 g/mol. The highest BCUT2D eigenvalue weighted by molar-refractivity contribution is 7.89. The van der Waals surface area contributed by atoms with Gasteiger partial charge in [-0.1, -0.05) is 26.0 Å². The fraction of sp³-hybridized carbons (Fsp3) is 0.444. The molecule has 0 unspecified atom stereocenters. The van der Waals surface area contributed by atoms with Crippen LogP contribution in [0.3, 0.4) is 0 Å². The Morgan fingerprint density at radius 1 is 1.29 bits per heavy atom. The summed E-state index contributed by atoms with van der Waals surface area (Å²) in [4.78, 5) is 20.8. The number of aromatic nitrogens is 1. The van der Waals surface area contributed by atoms with Crippen LogP contribution in [-0.2, 0) is 14.8 Å². The van der Waals surface area contributed by atoms with Crippen LogP contribution in [0, 0.1) is 0 Å². The van der Waals surface area contributed by atoms with Crippen molar-refractivity contribution in [2.75, 3.05) is 31.2 Å². The summed E-state index contributed by atoms with van der Waals surface area (Å²) < 4.78 is 30.1. The summed E-state index contributed by atoms with van der Waals surface area (Å²) in [5.74, 6) is -0.245. The molecule has 2 aromatic rings. The van der Waals surface area contributed by atoms with E-state index in [1.165, 1.54) is 23.5 Å². The fourth-order valence-electron chi connectivity index (χ4n) is 2.72. The zero-order valence-corrected chi connectivity index (χ0v) is 17.5. The smallest absolute Gasteiger partial charge is 0.285 e. The van der Waals surface area contributed by atoms with Crippen molar-refractivity contribution in [3.63, 3.8) is 0 Å². The normalized spacial score (nSPS) is 16.0. The molecule has 1 fully saturated rings. The number of hydrogen-bond donors (Lipinski definition) is 2. The van der Waals surface area contributed by atoms with Gasteiger partial charge in [0.15, 0.2) is 5.13 Å². The number of nitrogens with zero attached hydrogens (tertiary/aromatic N) is 2. The molecule has 0 aliphatic carbocycles. The molecule has 3 rings (SSSR count). The summed E-state index contributed by atoms with van der Waals surface area (Å²) >= 11 is 1.34. The molecule has 1 aliphatic rings. The summed E-state index contributed by atoms with van der Waals surface area (Å²) in [6, 6.07) is 6.66. The molecule has 0 saturated carbocycles. The van der Waals surface area contributed by atoms with E-state index >= 15 is 0 Å². The molecule has 10 heteroatoms. The van der Waals surface area contributed by atoms with Crippen LogP contribution in [0.15, 0.2) is 34.5 Å². The van der Waals surface area contributed by atoms with Gasteiger partial charge in [-0.15, -0.1) is 16.2 Å². The Kier molecular flexibility index (Phi) is 6.65. The van der Waals surface area contributed by atoms with Crippen molar-refractivity contribution in [3.05, 3.63) is 40.9 Å². The molecule has 1 aromatic heterocycles. The number of hydrogen-bond acceptors (Lipinski definition) is 7. The van der Waals surface area contributed by atoms with Gasteiger partial charge in [0.05, 0.1) is 18.1 Å². The van der Waals surface area contributed by atoms with Crippen LogP contribution in [0.1, 0.15) is 42.2 Å². The van der Waals surface area contributed by atoms with E-state index in [0.717, 1.165) is 17.1 Å². The van der Waals surface area contributed by atoms with Gasteiger partial charge < -0.3 is 9.64 Å². The van der Waals surface area contributed by atoms with Crippen molar-refractivity contribution >= 4 is 32.4 Å². The molecule has 0 spiro atoms. The van der Waals surface area contributed by atoms with Gasteiger partial charge >= 0.3 is 0 Å². The maximum atomic E-state index is 12.4. The maximum absolute atomic E-state index is 12.4. The molecular weight excluding hydrogens is 400 g/mol. The zero-order valence-electron chi connectivity index (χ0n) is 15.8. The Bertz CT molecular complexity index is 906. The van der Waals surface area contributed by atoms with Gasteiger partial charge in [0, 0.05) is 18.5 Å². The van der Waals surface area contributed by atoms with E-state index < -0.39 is 15.9 Å². The Balaban J connectivity index is 1.61. The summed E-state index contributed by atoms with van der Waals surface area (Å²) in [6.07, 6.45) is 0.973. The lowest BCUT2D eigenvalue weighted by atomic mass is 9.99. The van der Waals surface area contributed by atoms with Crippen molar-refractivity contribution in [2.45, 2.75) is 31.1 Å². The third kappa shape index (κ3) is 4.88. The SMILES string of the molecule is CC[C@H](C)c1ccc(S(=O)(=O)NNC(=O)c2csc(N3CCOCC3)n2)cc1. The van der Waals surface area contributed by atoms with Gasteiger partial charge in [0.1, 0.15) is 5.69 Å². The van der Waals surface area contributed by atoms with Crippen molar-refractivity contribution in [1.82, 2.24) is 15.2 Å². The monoisotopic (exact) mass is 424 g/mol. The fourth-order valence-corrected chi connectivity index (χ4v) is 4.41. The minimum atomic E-state index is -3.86. The minimum absolute atomic E-state index is 0.0899. The van der Waals surface area contributed by atoms with Crippen molar-refractivity contribution in [2.24, 2.45) is 0 Å². The first-order valence-electron chi connectivity index (χ1n) is 9.11. The first-order chi connectivity index (χ1) is 13.4. The Labute approximate surface area is 168 Å². The van der Waals surface area contributed by atoms with Crippen LogP contribution in [0.5, 0.6) is 0 Å². The number of carbonyl (C=O) groups is 1. The maximum Gasteiger partial charge on any atom is 0.285 e. The van der Waals surface area contributed by atoms with Gasteiger partial charge in [0.25, 0.3) is 15.9 Å². The molecule has 2 N–H and O–H groups in total. The summed E-state index contributed by atoms with van der Waals surface area (Å²) in [5.41, 5.74) is 3.47.